The zero-order chi connectivity index (χ0) is 12.4. The lowest BCUT2D eigenvalue weighted by Crippen LogP contribution is -2.06. The monoisotopic (exact) mass is 240 g/mol. The third-order valence-electron chi connectivity index (χ3n) is 2.34. The molecule has 0 aliphatic rings. The maximum absolute atomic E-state index is 11.4. The zero-order valence-electron chi connectivity index (χ0n) is 9.19. The number of fused-ring (bicyclic) bond motifs is 1. The number of hydrogen-bond acceptors (Lipinski definition) is 5. The molecule has 0 bridgehead atoms. The summed E-state index contributed by atoms with van der Waals surface area (Å²) in [5.74, 6) is 0. The number of rotatable bonds is 2. The lowest BCUT2D eigenvalue weighted by molar-refractivity contribution is 0.711. The highest BCUT2D eigenvalue weighted by Gasteiger charge is 2.07. The molecule has 0 amide bonds. The van der Waals surface area contributed by atoms with E-state index >= 15 is 0 Å². The highest BCUT2D eigenvalue weighted by atomic mass is 16.1. The van der Waals surface area contributed by atoms with Crippen LogP contribution in [0.2, 0.25) is 0 Å². The van der Waals surface area contributed by atoms with Gasteiger partial charge in [-0.15, -0.1) is 9.89 Å². The summed E-state index contributed by atoms with van der Waals surface area (Å²) in [5.41, 5.74) is 1.08. The van der Waals surface area contributed by atoms with Gasteiger partial charge in [0.2, 0.25) is 5.65 Å². The van der Waals surface area contributed by atoms with Gasteiger partial charge in [0.15, 0.2) is 5.52 Å². The summed E-state index contributed by atoms with van der Waals surface area (Å²) >= 11 is 0. The van der Waals surface area contributed by atoms with Gasteiger partial charge < -0.3 is 4.98 Å². The minimum Gasteiger partial charge on any atom is -0.311 e. The minimum atomic E-state index is -0.332. The average Bonchev–Trinajstić information content (AvgIpc) is 2.82. The van der Waals surface area contributed by atoms with Crippen LogP contribution in [0, 0.1) is 0 Å². The van der Waals surface area contributed by atoms with Crippen LogP contribution in [0.5, 0.6) is 0 Å². The molecule has 0 fully saturated rings. The smallest absolute Gasteiger partial charge is 0.280 e. The van der Waals surface area contributed by atoms with E-state index in [-0.39, 0.29) is 11.1 Å². The summed E-state index contributed by atoms with van der Waals surface area (Å²) in [6, 6.07) is 9.54. The standard InChI is InChI=1S/C11H8N6O/c18-11-9-10(12-7-13-11)17(16-15-9)14-6-8-4-2-1-3-5-8/h1-7H,(H,12,13,18). The van der Waals surface area contributed by atoms with Crippen LogP contribution in [0.15, 0.2) is 46.6 Å². The molecule has 88 valence electrons. The van der Waals surface area contributed by atoms with Crippen LogP contribution in [0.3, 0.4) is 0 Å². The number of nitrogens with zero attached hydrogens (tertiary/aromatic N) is 5. The molecule has 0 unspecified atom stereocenters. The number of hydrogen-bond donors (Lipinski definition) is 1. The minimum absolute atomic E-state index is 0.169. The van der Waals surface area contributed by atoms with E-state index in [0.717, 1.165) is 5.56 Å². The van der Waals surface area contributed by atoms with Crippen LogP contribution in [-0.4, -0.2) is 31.3 Å². The van der Waals surface area contributed by atoms with Crippen molar-refractivity contribution in [2.24, 2.45) is 5.10 Å². The maximum atomic E-state index is 11.4. The second kappa shape index (κ2) is 4.21. The highest BCUT2D eigenvalue weighted by Crippen LogP contribution is 2.01. The Bertz CT molecular complexity index is 758. The van der Waals surface area contributed by atoms with Gasteiger partial charge in [-0.05, 0) is 10.8 Å². The first kappa shape index (κ1) is 10.3. The molecule has 0 spiro atoms. The van der Waals surface area contributed by atoms with E-state index in [2.05, 4.69) is 25.4 Å². The molecule has 1 aromatic carbocycles. The first-order chi connectivity index (χ1) is 8.84. The number of aromatic nitrogens is 5. The fraction of sp³-hybridized carbons (Fsp3) is 0. The van der Waals surface area contributed by atoms with Crippen molar-refractivity contribution in [3.63, 3.8) is 0 Å². The summed E-state index contributed by atoms with van der Waals surface area (Å²) in [5, 5.41) is 11.6. The van der Waals surface area contributed by atoms with Crippen LogP contribution in [-0.2, 0) is 0 Å². The fourth-order valence-electron chi connectivity index (χ4n) is 1.49. The number of benzene rings is 1. The largest absolute Gasteiger partial charge is 0.311 e. The molecular formula is C11H8N6O. The van der Waals surface area contributed by atoms with Gasteiger partial charge >= 0.3 is 0 Å². The first-order valence-electron chi connectivity index (χ1n) is 5.23. The molecule has 0 saturated heterocycles. The molecule has 18 heavy (non-hydrogen) atoms. The lowest BCUT2D eigenvalue weighted by atomic mass is 10.2. The molecule has 3 rings (SSSR count). The Labute approximate surface area is 101 Å². The van der Waals surface area contributed by atoms with E-state index in [4.69, 9.17) is 0 Å². The van der Waals surface area contributed by atoms with Crippen molar-refractivity contribution in [3.05, 3.63) is 52.6 Å². The van der Waals surface area contributed by atoms with E-state index in [0.29, 0.717) is 5.65 Å². The number of H-pyrrole nitrogens is 1. The molecule has 0 aliphatic carbocycles. The second-order valence-electron chi connectivity index (χ2n) is 3.54. The SMILES string of the molecule is O=c1[nH]cnc2c1nnn2N=Cc1ccccc1. The number of nitrogens with one attached hydrogen (secondary N) is 1. The van der Waals surface area contributed by atoms with Crippen molar-refractivity contribution in [3.8, 4) is 0 Å². The molecule has 2 aromatic heterocycles. The van der Waals surface area contributed by atoms with E-state index in [1.54, 1.807) is 6.21 Å². The molecule has 7 heteroatoms. The normalized spacial score (nSPS) is 11.3. The predicted molar refractivity (Wildman–Crippen MR) is 65.4 cm³/mol. The lowest BCUT2D eigenvalue weighted by Gasteiger charge is -1.92. The quantitative estimate of drug-likeness (QED) is 0.656. The van der Waals surface area contributed by atoms with Crippen molar-refractivity contribution >= 4 is 17.4 Å². The first-order valence-corrected chi connectivity index (χ1v) is 5.23. The van der Waals surface area contributed by atoms with Crippen LogP contribution in [0.25, 0.3) is 11.2 Å². The van der Waals surface area contributed by atoms with Crippen molar-refractivity contribution in [1.29, 1.82) is 0 Å². The Kier molecular flexibility index (Phi) is 2.41. The summed E-state index contributed by atoms with van der Waals surface area (Å²) in [7, 11) is 0. The summed E-state index contributed by atoms with van der Waals surface area (Å²) in [6.45, 7) is 0. The molecular weight excluding hydrogens is 232 g/mol. The Balaban J connectivity index is 2.04. The van der Waals surface area contributed by atoms with Gasteiger partial charge in [0, 0.05) is 0 Å². The zero-order valence-corrected chi connectivity index (χ0v) is 9.19. The average molecular weight is 240 g/mol. The second-order valence-corrected chi connectivity index (χ2v) is 3.54. The number of aromatic amines is 1. The highest BCUT2D eigenvalue weighted by molar-refractivity contribution is 5.79. The molecule has 0 aliphatic heterocycles. The molecule has 0 atom stereocenters. The van der Waals surface area contributed by atoms with Crippen molar-refractivity contribution < 1.29 is 0 Å². The van der Waals surface area contributed by atoms with E-state index in [1.807, 2.05) is 30.3 Å². The Morgan fingerprint density at radius 2 is 2.11 bits per heavy atom. The van der Waals surface area contributed by atoms with Gasteiger partial charge in [-0.25, -0.2) is 4.98 Å². The summed E-state index contributed by atoms with van der Waals surface area (Å²) < 4.78 is 0. The summed E-state index contributed by atoms with van der Waals surface area (Å²) in [6.07, 6.45) is 2.92. The van der Waals surface area contributed by atoms with E-state index < -0.39 is 0 Å². The van der Waals surface area contributed by atoms with E-state index in [1.165, 1.54) is 11.1 Å². The van der Waals surface area contributed by atoms with Crippen molar-refractivity contribution in [2.75, 3.05) is 0 Å². The van der Waals surface area contributed by atoms with Gasteiger partial charge in [-0.2, -0.15) is 5.10 Å². The van der Waals surface area contributed by atoms with Crippen LogP contribution in [0.4, 0.5) is 0 Å². The van der Waals surface area contributed by atoms with Crippen molar-refractivity contribution in [2.45, 2.75) is 0 Å². The predicted octanol–water partition coefficient (Wildman–Crippen LogP) is 0.397. The molecule has 7 nitrogen and oxygen atoms in total. The van der Waals surface area contributed by atoms with Gasteiger partial charge in [0.25, 0.3) is 5.56 Å². The third kappa shape index (κ3) is 1.77. The van der Waals surface area contributed by atoms with Crippen LogP contribution in [0.1, 0.15) is 5.56 Å². The topological polar surface area (TPSA) is 88.8 Å². The fourth-order valence-corrected chi connectivity index (χ4v) is 1.49. The van der Waals surface area contributed by atoms with Gasteiger partial charge in [0.1, 0.15) is 0 Å². The van der Waals surface area contributed by atoms with E-state index in [9.17, 15) is 4.79 Å². The van der Waals surface area contributed by atoms with Crippen LogP contribution >= 0.6 is 0 Å². The third-order valence-corrected chi connectivity index (χ3v) is 2.34. The molecule has 0 saturated carbocycles. The Morgan fingerprint density at radius 1 is 1.28 bits per heavy atom. The Morgan fingerprint density at radius 3 is 2.94 bits per heavy atom. The van der Waals surface area contributed by atoms with Gasteiger partial charge in [0.05, 0.1) is 12.5 Å². The molecule has 3 aromatic rings. The maximum Gasteiger partial charge on any atom is 0.280 e. The molecule has 2 heterocycles. The van der Waals surface area contributed by atoms with Crippen molar-refractivity contribution in [1.82, 2.24) is 25.1 Å². The van der Waals surface area contributed by atoms with Gasteiger partial charge in [-0.1, -0.05) is 30.3 Å². The molecule has 0 radical (unpaired) electrons. The van der Waals surface area contributed by atoms with Gasteiger partial charge in [-0.3, -0.25) is 4.79 Å². The molecule has 1 N–H and O–H groups in total. The Hall–Kier alpha value is -2.83. The summed E-state index contributed by atoms with van der Waals surface area (Å²) in [4.78, 5) is 19.0. The van der Waals surface area contributed by atoms with Crippen LogP contribution < -0.4 is 5.56 Å².